The predicted octanol–water partition coefficient (Wildman–Crippen LogP) is 2.78. The van der Waals surface area contributed by atoms with Crippen molar-refractivity contribution in [2.24, 2.45) is 5.73 Å². The predicted molar refractivity (Wildman–Crippen MR) is 73.9 cm³/mol. The maximum Gasteiger partial charge on any atom is 0.129 e. The van der Waals surface area contributed by atoms with Gasteiger partial charge in [0, 0.05) is 11.6 Å². The number of hydrogen-bond donors (Lipinski definition) is 1. The number of hydrogen-bond acceptors (Lipinski definition) is 3. The fourth-order valence-electron chi connectivity index (χ4n) is 1.28. The van der Waals surface area contributed by atoms with E-state index in [0.717, 1.165) is 13.0 Å². The van der Waals surface area contributed by atoms with Crippen molar-refractivity contribution in [1.29, 1.82) is 0 Å². The van der Waals surface area contributed by atoms with Gasteiger partial charge in [-0.25, -0.2) is 0 Å². The van der Waals surface area contributed by atoms with E-state index in [1.54, 1.807) is 18.2 Å². The summed E-state index contributed by atoms with van der Waals surface area (Å²) in [6, 6.07) is 5.20. The Morgan fingerprint density at radius 2 is 2.12 bits per heavy atom. The van der Waals surface area contributed by atoms with E-state index in [-0.39, 0.29) is 4.99 Å². The summed E-state index contributed by atoms with van der Waals surface area (Å²) >= 11 is 10.8. The zero-order valence-electron chi connectivity index (χ0n) is 9.74. The van der Waals surface area contributed by atoms with Gasteiger partial charge in [0.25, 0.3) is 0 Å². The second-order valence-electron chi connectivity index (χ2n) is 3.47. The minimum atomic E-state index is 0.275. The third-order valence-electron chi connectivity index (χ3n) is 2.04. The second-order valence-corrected chi connectivity index (χ2v) is 4.34. The van der Waals surface area contributed by atoms with Gasteiger partial charge in [-0.2, -0.15) is 0 Å². The van der Waals surface area contributed by atoms with E-state index >= 15 is 0 Å². The van der Waals surface area contributed by atoms with Crippen LogP contribution in [0.3, 0.4) is 0 Å². The first-order valence-electron chi connectivity index (χ1n) is 5.45. The summed E-state index contributed by atoms with van der Waals surface area (Å²) in [7, 11) is 0. The Labute approximate surface area is 112 Å². The van der Waals surface area contributed by atoms with Crippen LogP contribution in [-0.2, 0) is 4.74 Å². The highest BCUT2D eigenvalue weighted by atomic mass is 35.5. The first-order chi connectivity index (χ1) is 8.15. The van der Waals surface area contributed by atoms with Gasteiger partial charge >= 0.3 is 0 Å². The number of ether oxygens (including phenoxy) is 2. The molecule has 0 amide bonds. The summed E-state index contributed by atoms with van der Waals surface area (Å²) in [5.41, 5.74) is 6.25. The average Bonchev–Trinajstić information content (AvgIpc) is 2.30. The molecule has 0 radical (unpaired) electrons. The Balaban J connectivity index is 2.55. The molecule has 0 atom stereocenters. The number of benzene rings is 1. The van der Waals surface area contributed by atoms with Crippen molar-refractivity contribution in [2.75, 3.05) is 19.8 Å². The lowest BCUT2D eigenvalue weighted by Gasteiger charge is -2.11. The molecule has 0 spiro atoms. The largest absolute Gasteiger partial charge is 0.490 e. The normalized spacial score (nSPS) is 10.2. The fraction of sp³-hybridized carbons (Fsp3) is 0.417. The van der Waals surface area contributed by atoms with Crippen LogP contribution in [0.4, 0.5) is 0 Å². The molecule has 1 aromatic carbocycles. The summed E-state index contributed by atoms with van der Waals surface area (Å²) in [5, 5.41) is 0.586. The quantitative estimate of drug-likeness (QED) is 0.613. The van der Waals surface area contributed by atoms with Gasteiger partial charge in [0.2, 0.25) is 0 Å². The number of rotatable bonds is 7. The molecule has 2 N–H and O–H groups in total. The van der Waals surface area contributed by atoms with Crippen molar-refractivity contribution >= 4 is 28.8 Å². The standard InChI is InChI=1S/C12H16ClNO2S/c1-2-5-15-6-7-16-11-4-3-9(13)8-10(11)12(14)17/h3-4,8H,2,5-7H2,1H3,(H2,14,17). The molecule has 17 heavy (non-hydrogen) atoms. The zero-order chi connectivity index (χ0) is 12.7. The lowest BCUT2D eigenvalue weighted by Crippen LogP contribution is -2.14. The van der Waals surface area contributed by atoms with Gasteiger partial charge in [-0.05, 0) is 24.6 Å². The van der Waals surface area contributed by atoms with E-state index in [1.165, 1.54) is 0 Å². The van der Waals surface area contributed by atoms with Gasteiger partial charge in [0.1, 0.15) is 17.3 Å². The summed E-state index contributed by atoms with van der Waals surface area (Å²) in [4.78, 5) is 0.275. The van der Waals surface area contributed by atoms with Crippen LogP contribution in [0.25, 0.3) is 0 Å². The highest BCUT2D eigenvalue weighted by Gasteiger charge is 2.07. The molecule has 3 nitrogen and oxygen atoms in total. The van der Waals surface area contributed by atoms with Crippen molar-refractivity contribution in [3.63, 3.8) is 0 Å². The summed E-state index contributed by atoms with van der Waals surface area (Å²) in [6.07, 6.45) is 0.999. The third-order valence-corrected chi connectivity index (χ3v) is 2.50. The van der Waals surface area contributed by atoms with Gasteiger partial charge in [0.15, 0.2) is 0 Å². The molecule has 0 bridgehead atoms. The van der Waals surface area contributed by atoms with Crippen LogP contribution >= 0.6 is 23.8 Å². The second kappa shape index (κ2) is 7.48. The molecular formula is C12H16ClNO2S. The Morgan fingerprint density at radius 1 is 1.35 bits per heavy atom. The van der Waals surface area contributed by atoms with Gasteiger partial charge in [-0.15, -0.1) is 0 Å². The van der Waals surface area contributed by atoms with Gasteiger partial charge in [-0.3, -0.25) is 0 Å². The Bertz CT molecular complexity index is 385. The Hall–Kier alpha value is -0.840. The third kappa shape index (κ3) is 4.89. The monoisotopic (exact) mass is 273 g/mol. The van der Waals surface area contributed by atoms with Gasteiger partial charge < -0.3 is 15.2 Å². The molecule has 0 aromatic heterocycles. The first-order valence-corrected chi connectivity index (χ1v) is 6.23. The van der Waals surface area contributed by atoms with Gasteiger partial charge in [-0.1, -0.05) is 30.7 Å². The van der Waals surface area contributed by atoms with E-state index in [0.29, 0.717) is 29.5 Å². The SMILES string of the molecule is CCCOCCOc1ccc(Cl)cc1C(N)=S. The van der Waals surface area contributed by atoms with Crippen LogP contribution in [0.5, 0.6) is 5.75 Å². The lowest BCUT2D eigenvalue weighted by atomic mass is 10.2. The highest BCUT2D eigenvalue weighted by molar-refractivity contribution is 7.80. The number of nitrogens with two attached hydrogens (primary N) is 1. The van der Waals surface area contributed by atoms with Gasteiger partial charge in [0.05, 0.1) is 12.2 Å². The molecule has 5 heteroatoms. The van der Waals surface area contributed by atoms with E-state index in [2.05, 4.69) is 6.92 Å². The Kier molecular flexibility index (Phi) is 6.26. The van der Waals surface area contributed by atoms with Crippen molar-refractivity contribution in [3.8, 4) is 5.75 Å². The van der Waals surface area contributed by atoms with Crippen LogP contribution in [0.15, 0.2) is 18.2 Å². The molecule has 0 heterocycles. The van der Waals surface area contributed by atoms with E-state index < -0.39 is 0 Å². The minimum Gasteiger partial charge on any atom is -0.490 e. The average molecular weight is 274 g/mol. The molecule has 1 rings (SSSR count). The zero-order valence-corrected chi connectivity index (χ0v) is 11.3. The maximum absolute atomic E-state index is 5.87. The van der Waals surface area contributed by atoms with Crippen molar-refractivity contribution in [2.45, 2.75) is 13.3 Å². The van der Waals surface area contributed by atoms with E-state index in [9.17, 15) is 0 Å². The number of halogens is 1. The molecule has 0 aliphatic rings. The molecule has 0 unspecified atom stereocenters. The molecule has 94 valence electrons. The summed E-state index contributed by atoms with van der Waals surface area (Å²) in [5.74, 6) is 0.641. The molecule has 0 saturated heterocycles. The van der Waals surface area contributed by atoms with E-state index in [4.69, 9.17) is 39.0 Å². The van der Waals surface area contributed by atoms with Crippen molar-refractivity contribution < 1.29 is 9.47 Å². The smallest absolute Gasteiger partial charge is 0.129 e. The fourth-order valence-corrected chi connectivity index (χ4v) is 1.61. The molecule has 0 saturated carbocycles. The molecule has 0 aliphatic carbocycles. The van der Waals surface area contributed by atoms with Crippen LogP contribution < -0.4 is 10.5 Å². The van der Waals surface area contributed by atoms with Crippen LogP contribution in [0.2, 0.25) is 5.02 Å². The highest BCUT2D eigenvalue weighted by Crippen LogP contribution is 2.22. The topological polar surface area (TPSA) is 44.5 Å². The van der Waals surface area contributed by atoms with Crippen molar-refractivity contribution in [1.82, 2.24) is 0 Å². The molecule has 0 aliphatic heterocycles. The lowest BCUT2D eigenvalue weighted by molar-refractivity contribution is 0.101. The van der Waals surface area contributed by atoms with Crippen LogP contribution in [-0.4, -0.2) is 24.8 Å². The van der Waals surface area contributed by atoms with Crippen LogP contribution in [0.1, 0.15) is 18.9 Å². The molecule has 0 fully saturated rings. The van der Waals surface area contributed by atoms with Crippen molar-refractivity contribution in [3.05, 3.63) is 28.8 Å². The van der Waals surface area contributed by atoms with Crippen LogP contribution in [0, 0.1) is 0 Å². The maximum atomic E-state index is 5.87. The Morgan fingerprint density at radius 3 is 2.76 bits per heavy atom. The molecule has 1 aromatic rings. The number of thiocarbonyl (C=S) groups is 1. The summed E-state index contributed by atoms with van der Waals surface area (Å²) in [6.45, 7) is 3.82. The molecular weight excluding hydrogens is 258 g/mol. The minimum absolute atomic E-state index is 0.275. The summed E-state index contributed by atoms with van der Waals surface area (Å²) < 4.78 is 10.9. The van der Waals surface area contributed by atoms with E-state index in [1.807, 2.05) is 0 Å². The first kappa shape index (κ1) is 14.2.